The van der Waals surface area contributed by atoms with E-state index in [1.807, 2.05) is 49.5 Å². The van der Waals surface area contributed by atoms with Gasteiger partial charge < -0.3 is 4.74 Å². The van der Waals surface area contributed by atoms with E-state index in [-0.39, 0.29) is 5.97 Å². The van der Waals surface area contributed by atoms with E-state index in [4.69, 9.17) is 0 Å². The van der Waals surface area contributed by atoms with Gasteiger partial charge in [-0.25, -0.2) is 4.79 Å². The molecule has 0 aliphatic rings. The Hall–Kier alpha value is -1.83. The van der Waals surface area contributed by atoms with Crippen molar-refractivity contribution in [3.63, 3.8) is 0 Å². The van der Waals surface area contributed by atoms with Crippen LogP contribution in [0.3, 0.4) is 0 Å². The molecule has 0 aromatic heterocycles. The van der Waals surface area contributed by atoms with Gasteiger partial charge in [0.1, 0.15) is 0 Å². The van der Waals surface area contributed by atoms with Gasteiger partial charge in [0, 0.05) is 6.08 Å². The van der Waals surface area contributed by atoms with E-state index in [1.165, 1.54) is 13.2 Å². The molecule has 0 rings (SSSR count). The predicted octanol–water partition coefficient (Wildman–Crippen LogP) is 3.74. The number of methoxy groups -OCH3 is 1. The van der Waals surface area contributed by atoms with Crippen LogP contribution in [-0.4, -0.2) is 13.1 Å². The van der Waals surface area contributed by atoms with Crippen molar-refractivity contribution in [1.82, 2.24) is 0 Å². The Balaban J connectivity index is 3.60. The summed E-state index contributed by atoms with van der Waals surface area (Å²) in [5.41, 5.74) is 0. The lowest BCUT2D eigenvalue weighted by Crippen LogP contribution is -1.92. The maximum Gasteiger partial charge on any atom is 0.330 e. The first kappa shape index (κ1) is 15.2. The summed E-state index contributed by atoms with van der Waals surface area (Å²) in [7, 11) is 1.36. The van der Waals surface area contributed by atoms with Crippen LogP contribution in [0.2, 0.25) is 0 Å². The van der Waals surface area contributed by atoms with Gasteiger partial charge in [0.05, 0.1) is 7.11 Å². The van der Waals surface area contributed by atoms with E-state index in [0.717, 1.165) is 12.8 Å². The lowest BCUT2D eigenvalue weighted by atomic mass is 10.2. The monoisotopic (exact) mass is 232 g/mol. The first-order valence-electron chi connectivity index (χ1n) is 5.67. The van der Waals surface area contributed by atoms with E-state index in [9.17, 15) is 4.79 Å². The number of carbonyl (C=O) groups is 1. The zero-order chi connectivity index (χ0) is 12.8. The highest BCUT2D eigenvalue weighted by molar-refractivity contribution is 5.82. The van der Waals surface area contributed by atoms with Crippen molar-refractivity contribution in [1.29, 1.82) is 0 Å². The molecule has 0 aromatic rings. The Labute approximate surface area is 104 Å². The van der Waals surface area contributed by atoms with Gasteiger partial charge in [0.2, 0.25) is 0 Å². The van der Waals surface area contributed by atoms with Crippen molar-refractivity contribution >= 4 is 5.97 Å². The molecule has 92 valence electrons. The van der Waals surface area contributed by atoms with Gasteiger partial charge in [-0.2, -0.15) is 0 Å². The number of unbranched alkanes of at least 4 members (excludes halogenated alkanes) is 1. The molecule has 0 aliphatic carbocycles. The Morgan fingerprint density at radius 2 is 1.53 bits per heavy atom. The molecular formula is C15H20O2. The molecule has 0 bridgehead atoms. The molecule has 17 heavy (non-hydrogen) atoms. The number of rotatable bonds is 7. The number of hydrogen-bond acceptors (Lipinski definition) is 2. The number of hydrogen-bond donors (Lipinski definition) is 0. The first-order valence-corrected chi connectivity index (χ1v) is 5.67. The van der Waals surface area contributed by atoms with Gasteiger partial charge in [0.15, 0.2) is 0 Å². The zero-order valence-corrected chi connectivity index (χ0v) is 10.5. The summed E-state index contributed by atoms with van der Waals surface area (Å²) in [6.07, 6.45) is 21.0. The number of allylic oxidation sites excluding steroid dienone is 9. The smallest absolute Gasteiger partial charge is 0.330 e. The molecule has 0 saturated carbocycles. The molecule has 0 aromatic carbocycles. The maximum absolute atomic E-state index is 10.7. The molecule has 0 aliphatic heterocycles. The molecular weight excluding hydrogens is 212 g/mol. The van der Waals surface area contributed by atoms with Gasteiger partial charge in [-0.15, -0.1) is 0 Å². The molecule has 0 amide bonds. The van der Waals surface area contributed by atoms with Crippen LogP contribution in [0.5, 0.6) is 0 Å². The normalized spacial score (nSPS) is 12.8. The summed E-state index contributed by atoms with van der Waals surface area (Å²) in [6.45, 7) is 1.99. The summed E-state index contributed by atoms with van der Waals surface area (Å²) < 4.78 is 4.46. The highest BCUT2D eigenvalue weighted by Gasteiger charge is 1.86. The molecule has 0 atom stereocenters. The average Bonchev–Trinajstić information content (AvgIpc) is 2.35. The lowest BCUT2D eigenvalue weighted by molar-refractivity contribution is -0.134. The summed E-state index contributed by atoms with van der Waals surface area (Å²) in [4.78, 5) is 10.7. The molecule has 0 radical (unpaired) electrons. The Bertz CT molecular complexity index is 331. The van der Waals surface area contributed by atoms with Gasteiger partial charge >= 0.3 is 5.97 Å². The number of carbonyl (C=O) groups excluding carboxylic acids is 1. The van der Waals surface area contributed by atoms with Crippen LogP contribution in [0.15, 0.2) is 60.8 Å². The van der Waals surface area contributed by atoms with Crippen molar-refractivity contribution in [3.05, 3.63) is 60.8 Å². The third-order valence-corrected chi connectivity index (χ3v) is 1.84. The summed E-state index contributed by atoms with van der Waals surface area (Å²) in [6, 6.07) is 0. The Kier molecular flexibility index (Phi) is 10.9. The van der Waals surface area contributed by atoms with Crippen LogP contribution in [0, 0.1) is 0 Å². The molecule has 0 fully saturated rings. The minimum absolute atomic E-state index is 0.330. The summed E-state index contributed by atoms with van der Waals surface area (Å²) in [5.74, 6) is -0.330. The first-order chi connectivity index (χ1) is 8.31. The van der Waals surface area contributed by atoms with Crippen molar-refractivity contribution < 1.29 is 9.53 Å². The quantitative estimate of drug-likeness (QED) is 0.289. The lowest BCUT2D eigenvalue weighted by Gasteiger charge is -1.87. The second kappa shape index (κ2) is 12.2. The molecule has 0 heterocycles. The minimum Gasteiger partial charge on any atom is -0.466 e. The molecule has 0 saturated heterocycles. The third-order valence-electron chi connectivity index (χ3n) is 1.84. The summed E-state index contributed by atoms with van der Waals surface area (Å²) >= 11 is 0. The van der Waals surface area contributed by atoms with E-state index in [0.29, 0.717) is 0 Å². The van der Waals surface area contributed by atoms with Gasteiger partial charge in [-0.3, -0.25) is 0 Å². The van der Waals surface area contributed by atoms with E-state index < -0.39 is 0 Å². The van der Waals surface area contributed by atoms with Crippen LogP contribution < -0.4 is 0 Å². The van der Waals surface area contributed by atoms with Crippen LogP contribution in [0.25, 0.3) is 0 Å². The predicted molar refractivity (Wildman–Crippen MR) is 72.6 cm³/mol. The van der Waals surface area contributed by atoms with E-state index in [1.54, 1.807) is 6.08 Å². The van der Waals surface area contributed by atoms with E-state index in [2.05, 4.69) is 10.8 Å². The van der Waals surface area contributed by atoms with E-state index >= 15 is 0 Å². The third kappa shape index (κ3) is 12.1. The SMILES string of the molecule is C/C=C/C=C/C=C\CC/C=C/C=C/C(=O)OC. The summed E-state index contributed by atoms with van der Waals surface area (Å²) in [5, 5.41) is 0. The Morgan fingerprint density at radius 1 is 0.941 bits per heavy atom. The van der Waals surface area contributed by atoms with Crippen molar-refractivity contribution in [2.75, 3.05) is 7.11 Å². The van der Waals surface area contributed by atoms with Crippen molar-refractivity contribution in [3.8, 4) is 0 Å². The van der Waals surface area contributed by atoms with Gasteiger partial charge in [-0.1, -0.05) is 54.7 Å². The second-order valence-corrected chi connectivity index (χ2v) is 3.23. The highest BCUT2D eigenvalue weighted by Crippen LogP contribution is 1.94. The van der Waals surface area contributed by atoms with Crippen LogP contribution in [-0.2, 0) is 9.53 Å². The fourth-order valence-corrected chi connectivity index (χ4v) is 0.984. The molecule has 0 spiro atoms. The average molecular weight is 232 g/mol. The maximum atomic E-state index is 10.7. The Morgan fingerprint density at radius 3 is 2.12 bits per heavy atom. The largest absolute Gasteiger partial charge is 0.466 e. The fraction of sp³-hybridized carbons (Fsp3) is 0.267. The molecule has 0 N–H and O–H groups in total. The number of esters is 1. The molecule has 2 nitrogen and oxygen atoms in total. The highest BCUT2D eigenvalue weighted by atomic mass is 16.5. The fourth-order valence-electron chi connectivity index (χ4n) is 0.984. The zero-order valence-electron chi connectivity index (χ0n) is 10.5. The minimum atomic E-state index is -0.330. The number of ether oxygens (including phenoxy) is 1. The van der Waals surface area contributed by atoms with Crippen molar-refractivity contribution in [2.24, 2.45) is 0 Å². The van der Waals surface area contributed by atoms with Gasteiger partial charge in [-0.05, 0) is 19.8 Å². The standard InChI is InChI=1S/C15H20O2/c1-3-4-5-6-7-8-9-10-11-12-13-14-15(16)17-2/h3-8,11-14H,9-10H2,1-2H3/b4-3+,6-5+,8-7-,12-11+,14-13+. The van der Waals surface area contributed by atoms with Gasteiger partial charge in [0.25, 0.3) is 0 Å². The molecule has 2 heteroatoms. The second-order valence-electron chi connectivity index (χ2n) is 3.23. The topological polar surface area (TPSA) is 26.3 Å². The van der Waals surface area contributed by atoms with Crippen LogP contribution >= 0.6 is 0 Å². The van der Waals surface area contributed by atoms with Crippen LogP contribution in [0.4, 0.5) is 0 Å². The molecule has 0 unspecified atom stereocenters. The van der Waals surface area contributed by atoms with Crippen molar-refractivity contribution in [2.45, 2.75) is 19.8 Å². The van der Waals surface area contributed by atoms with Crippen LogP contribution in [0.1, 0.15) is 19.8 Å².